The molecule has 1 N–H and O–H groups in total. The van der Waals surface area contributed by atoms with Gasteiger partial charge in [-0.25, -0.2) is 0 Å². The minimum atomic E-state index is 0.793. The van der Waals surface area contributed by atoms with Crippen molar-refractivity contribution in [1.29, 1.82) is 0 Å². The van der Waals surface area contributed by atoms with Crippen molar-refractivity contribution < 1.29 is 4.42 Å². The molecule has 0 radical (unpaired) electrons. The normalized spacial score (nSPS) is 11.1. The molecular formula is C15H29N3O. The van der Waals surface area contributed by atoms with Crippen LogP contribution in [0.2, 0.25) is 0 Å². The first-order chi connectivity index (χ1) is 9.36. The van der Waals surface area contributed by atoms with Gasteiger partial charge in [0.2, 0.25) is 11.8 Å². The summed E-state index contributed by atoms with van der Waals surface area (Å²) in [5.41, 5.74) is 0. The molecule has 1 heterocycles. The molecular weight excluding hydrogens is 238 g/mol. The van der Waals surface area contributed by atoms with Crippen LogP contribution in [0.15, 0.2) is 4.42 Å². The van der Waals surface area contributed by atoms with E-state index in [1.54, 1.807) is 0 Å². The number of nitrogens with one attached hydrogen (secondary N) is 1. The fraction of sp³-hybridized carbons (Fsp3) is 0.867. The van der Waals surface area contributed by atoms with Crippen LogP contribution in [0.3, 0.4) is 0 Å². The van der Waals surface area contributed by atoms with Crippen molar-refractivity contribution in [3.05, 3.63) is 11.8 Å². The number of rotatable bonds is 12. The lowest BCUT2D eigenvalue weighted by Gasteiger charge is -1.99. The topological polar surface area (TPSA) is 51.0 Å². The molecule has 4 heteroatoms. The molecule has 0 saturated heterocycles. The summed E-state index contributed by atoms with van der Waals surface area (Å²) >= 11 is 0. The molecule has 0 aliphatic carbocycles. The summed E-state index contributed by atoms with van der Waals surface area (Å²) in [6.07, 6.45) is 10.5. The molecule has 0 aliphatic rings. The van der Waals surface area contributed by atoms with Crippen LogP contribution in [-0.4, -0.2) is 23.3 Å². The van der Waals surface area contributed by atoms with Crippen LogP contribution in [0.1, 0.15) is 70.6 Å². The first-order valence-electron chi connectivity index (χ1n) is 7.88. The molecule has 0 unspecified atom stereocenters. The lowest BCUT2D eigenvalue weighted by atomic mass is 10.1. The van der Waals surface area contributed by atoms with Gasteiger partial charge in [0.15, 0.2) is 0 Å². The molecule has 0 spiro atoms. The molecule has 0 aromatic carbocycles. The number of hydrogen-bond donors (Lipinski definition) is 1. The number of unbranched alkanes of at least 4 members (excludes halogenated alkanes) is 4. The lowest BCUT2D eigenvalue weighted by molar-refractivity contribution is 0.433. The van der Waals surface area contributed by atoms with E-state index < -0.39 is 0 Å². The maximum absolute atomic E-state index is 5.65. The van der Waals surface area contributed by atoms with Crippen LogP contribution in [0.5, 0.6) is 0 Å². The van der Waals surface area contributed by atoms with Gasteiger partial charge in [-0.3, -0.25) is 0 Å². The molecule has 4 nitrogen and oxygen atoms in total. The Labute approximate surface area is 117 Å². The van der Waals surface area contributed by atoms with E-state index in [0.29, 0.717) is 0 Å². The van der Waals surface area contributed by atoms with E-state index in [-0.39, 0.29) is 0 Å². The molecule has 1 aromatic heterocycles. The van der Waals surface area contributed by atoms with E-state index in [0.717, 1.165) is 44.1 Å². The monoisotopic (exact) mass is 267 g/mol. The second-order valence-corrected chi connectivity index (χ2v) is 5.11. The Bertz CT molecular complexity index is 284. The SMILES string of the molecule is CCCCCCCc1nnc(CCCNCCC)o1. The van der Waals surface area contributed by atoms with Crippen molar-refractivity contribution >= 4 is 0 Å². The van der Waals surface area contributed by atoms with Gasteiger partial charge < -0.3 is 9.73 Å². The Kier molecular flexibility index (Phi) is 9.33. The Morgan fingerprint density at radius 2 is 1.47 bits per heavy atom. The second-order valence-electron chi connectivity index (χ2n) is 5.11. The molecule has 0 fully saturated rings. The van der Waals surface area contributed by atoms with Gasteiger partial charge in [-0.2, -0.15) is 0 Å². The summed E-state index contributed by atoms with van der Waals surface area (Å²) in [6, 6.07) is 0. The highest BCUT2D eigenvalue weighted by molar-refractivity contribution is 4.82. The number of nitrogens with zero attached hydrogens (tertiary/aromatic N) is 2. The predicted octanol–water partition coefficient (Wildman–Crippen LogP) is 3.51. The van der Waals surface area contributed by atoms with Gasteiger partial charge in [-0.05, 0) is 32.4 Å². The average molecular weight is 267 g/mol. The Hall–Kier alpha value is -0.900. The summed E-state index contributed by atoms with van der Waals surface area (Å²) < 4.78 is 5.65. The third kappa shape index (κ3) is 7.98. The quantitative estimate of drug-likeness (QED) is 0.589. The van der Waals surface area contributed by atoms with Crippen molar-refractivity contribution in [2.24, 2.45) is 0 Å². The number of hydrogen-bond acceptors (Lipinski definition) is 4. The maximum atomic E-state index is 5.65. The van der Waals surface area contributed by atoms with Gasteiger partial charge in [0, 0.05) is 12.8 Å². The van der Waals surface area contributed by atoms with Crippen LogP contribution in [0.4, 0.5) is 0 Å². The van der Waals surface area contributed by atoms with Gasteiger partial charge >= 0.3 is 0 Å². The van der Waals surface area contributed by atoms with Gasteiger partial charge in [-0.15, -0.1) is 10.2 Å². The van der Waals surface area contributed by atoms with Gasteiger partial charge in [0.25, 0.3) is 0 Å². The molecule has 0 atom stereocenters. The zero-order chi connectivity index (χ0) is 13.8. The van der Waals surface area contributed by atoms with E-state index in [1.165, 1.54) is 38.5 Å². The summed E-state index contributed by atoms with van der Waals surface area (Å²) in [7, 11) is 0. The van der Waals surface area contributed by atoms with Crippen molar-refractivity contribution in [1.82, 2.24) is 15.5 Å². The van der Waals surface area contributed by atoms with Crippen LogP contribution >= 0.6 is 0 Å². The molecule has 1 rings (SSSR count). The summed E-state index contributed by atoms with van der Waals surface area (Å²) in [4.78, 5) is 0. The highest BCUT2D eigenvalue weighted by Gasteiger charge is 2.05. The Balaban J connectivity index is 2.07. The first-order valence-corrected chi connectivity index (χ1v) is 7.88. The van der Waals surface area contributed by atoms with Gasteiger partial charge in [0.1, 0.15) is 0 Å². The first kappa shape index (κ1) is 16.2. The molecule has 110 valence electrons. The maximum Gasteiger partial charge on any atom is 0.216 e. The predicted molar refractivity (Wildman–Crippen MR) is 78.2 cm³/mol. The molecule has 1 aromatic rings. The van der Waals surface area contributed by atoms with E-state index >= 15 is 0 Å². The highest BCUT2D eigenvalue weighted by atomic mass is 16.4. The van der Waals surface area contributed by atoms with E-state index in [9.17, 15) is 0 Å². The van der Waals surface area contributed by atoms with Crippen molar-refractivity contribution in [3.63, 3.8) is 0 Å². The van der Waals surface area contributed by atoms with Gasteiger partial charge in [-0.1, -0.05) is 39.5 Å². The number of aromatic nitrogens is 2. The third-order valence-corrected chi connectivity index (χ3v) is 3.17. The van der Waals surface area contributed by atoms with Crippen LogP contribution in [0, 0.1) is 0 Å². The van der Waals surface area contributed by atoms with Crippen molar-refractivity contribution in [2.75, 3.05) is 13.1 Å². The van der Waals surface area contributed by atoms with Crippen molar-refractivity contribution in [2.45, 2.75) is 71.6 Å². The standard InChI is InChI=1S/C15H29N3O/c1-3-5-6-7-8-10-14-17-18-15(19-14)11-9-13-16-12-4-2/h16H,3-13H2,1-2H3. The minimum Gasteiger partial charge on any atom is -0.425 e. The summed E-state index contributed by atoms with van der Waals surface area (Å²) in [5.74, 6) is 1.61. The fourth-order valence-electron chi connectivity index (χ4n) is 2.04. The summed E-state index contributed by atoms with van der Waals surface area (Å²) in [6.45, 7) is 6.53. The van der Waals surface area contributed by atoms with Gasteiger partial charge in [0.05, 0.1) is 0 Å². The zero-order valence-corrected chi connectivity index (χ0v) is 12.6. The van der Waals surface area contributed by atoms with Crippen LogP contribution in [-0.2, 0) is 12.8 Å². The van der Waals surface area contributed by atoms with Crippen LogP contribution < -0.4 is 5.32 Å². The highest BCUT2D eigenvalue weighted by Crippen LogP contribution is 2.09. The molecule has 0 saturated carbocycles. The molecule has 0 amide bonds. The van der Waals surface area contributed by atoms with Crippen LogP contribution in [0.25, 0.3) is 0 Å². The third-order valence-electron chi connectivity index (χ3n) is 3.17. The lowest BCUT2D eigenvalue weighted by Crippen LogP contribution is -2.16. The number of aryl methyl sites for hydroxylation is 2. The smallest absolute Gasteiger partial charge is 0.216 e. The average Bonchev–Trinajstić information content (AvgIpc) is 2.86. The fourth-order valence-corrected chi connectivity index (χ4v) is 2.04. The zero-order valence-electron chi connectivity index (χ0n) is 12.6. The van der Waals surface area contributed by atoms with E-state index in [2.05, 4.69) is 29.4 Å². The molecule has 0 bridgehead atoms. The largest absolute Gasteiger partial charge is 0.425 e. The second kappa shape index (κ2) is 11.0. The van der Waals surface area contributed by atoms with E-state index in [4.69, 9.17) is 4.42 Å². The Morgan fingerprint density at radius 1 is 0.789 bits per heavy atom. The molecule has 19 heavy (non-hydrogen) atoms. The van der Waals surface area contributed by atoms with E-state index in [1.807, 2.05) is 0 Å². The summed E-state index contributed by atoms with van der Waals surface area (Å²) in [5, 5.41) is 11.6. The van der Waals surface area contributed by atoms with Crippen molar-refractivity contribution in [3.8, 4) is 0 Å². The Morgan fingerprint density at radius 3 is 2.16 bits per heavy atom. The molecule has 0 aliphatic heterocycles. The minimum absolute atomic E-state index is 0.793.